The van der Waals surface area contributed by atoms with Gasteiger partial charge in [-0.15, -0.1) is 0 Å². The molecule has 1 unspecified atom stereocenters. The molecule has 0 saturated carbocycles. The number of carbonyl (C=O) groups excluding carboxylic acids is 1. The van der Waals surface area contributed by atoms with Crippen molar-refractivity contribution in [2.45, 2.75) is 12.5 Å². The number of amides is 1. The molecule has 1 aliphatic heterocycles. The standard InChI is InChI=1S/C13H15NO2/c1-10(7-11-5-3-2-4-6-11)13(15)14-8-12-9-16-12/h2-6,12H,1,7-9H2,(H,14,15). The summed E-state index contributed by atoms with van der Waals surface area (Å²) in [7, 11) is 0. The van der Waals surface area contributed by atoms with E-state index in [1.165, 1.54) is 0 Å². The average molecular weight is 217 g/mol. The molecule has 3 nitrogen and oxygen atoms in total. The van der Waals surface area contributed by atoms with Crippen LogP contribution < -0.4 is 5.32 Å². The van der Waals surface area contributed by atoms with Crippen molar-refractivity contribution in [2.75, 3.05) is 13.2 Å². The molecule has 0 aliphatic carbocycles. The van der Waals surface area contributed by atoms with E-state index in [0.29, 0.717) is 18.5 Å². The van der Waals surface area contributed by atoms with Gasteiger partial charge in [-0.25, -0.2) is 0 Å². The fraction of sp³-hybridized carbons (Fsp3) is 0.308. The molecule has 84 valence electrons. The van der Waals surface area contributed by atoms with Crippen LogP contribution in [0, 0.1) is 0 Å². The Bertz CT molecular complexity index is 382. The summed E-state index contributed by atoms with van der Waals surface area (Å²) in [4.78, 5) is 11.6. The minimum absolute atomic E-state index is 0.0839. The van der Waals surface area contributed by atoms with Crippen LogP contribution in [-0.2, 0) is 16.0 Å². The maximum atomic E-state index is 11.6. The first-order valence-electron chi connectivity index (χ1n) is 5.37. The Balaban J connectivity index is 1.80. The number of rotatable bonds is 5. The highest BCUT2D eigenvalue weighted by molar-refractivity contribution is 5.93. The third-order valence-electron chi connectivity index (χ3n) is 2.47. The summed E-state index contributed by atoms with van der Waals surface area (Å²) in [6, 6.07) is 9.85. The molecule has 1 atom stereocenters. The van der Waals surface area contributed by atoms with Gasteiger partial charge in [0, 0.05) is 18.5 Å². The molecule has 1 aromatic rings. The largest absolute Gasteiger partial charge is 0.371 e. The van der Waals surface area contributed by atoms with Crippen molar-refractivity contribution < 1.29 is 9.53 Å². The third-order valence-corrected chi connectivity index (χ3v) is 2.47. The van der Waals surface area contributed by atoms with Crippen molar-refractivity contribution in [3.8, 4) is 0 Å². The van der Waals surface area contributed by atoms with Gasteiger partial charge in [0.15, 0.2) is 0 Å². The topological polar surface area (TPSA) is 41.6 Å². The molecule has 1 fully saturated rings. The van der Waals surface area contributed by atoms with Gasteiger partial charge in [0.05, 0.1) is 12.7 Å². The lowest BCUT2D eigenvalue weighted by Gasteiger charge is -2.06. The summed E-state index contributed by atoms with van der Waals surface area (Å²) in [5.74, 6) is -0.0839. The van der Waals surface area contributed by atoms with Crippen LogP contribution in [-0.4, -0.2) is 25.2 Å². The highest BCUT2D eigenvalue weighted by Crippen LogP contribution is 2.08. The number of nitrogens with one attached hydrogen (secondary N) is 1. The van der Waals surface area contributed by atoms with Crippen molar-refractivity contribution in [1.29, 1.82) is 0 Å². The molecule has 1 saturated heterocycles. The normalized spacial score (nSPS) is 17.9. The Kier molecular flexibility index (Phi) is 3.37. The lowest BCUT2D eigenvalue weighted by atomic mass is 10.1. The van der Waals surface area contributed by atoms with Crippen LogP contribution in [0.15, 0.2) is 42.5 Å². The molecule has 0 spiro atoms. The first-order chi connectivity index (χ1) is 7.75. The molecule has 0 bridgehead atoms. The lowest BCUT2D eigenvalue weighted by molar-refractivity contribution is -0.117. The molecule has 2 rings (SSSR count). The minimum Gasteiger partial charge on any atom is -0.371 e. The van der Waals surface area contributed by atoms with Gasteiger partial charge >= 0.3 is 0 Å². The van der Waals surface area contributed by atoms with Crippen molar-refractivity contribution in [3.63, 3.8) is 0 Å². The van der Waals surface area contributed by atoms with E-state index in [9.17, 15) is 4.79 Å². The fourth-order valence-corrected chi connectivity index (χ4v) is 1.44. The molecular weight excluding hydrogens is 202 g/mol. The SMILES string of the molecule is C=C(Cc1ccccc1)C(=O)NCC1CO1. The third kappa shape index (κ3) is 3.21. The molecule has 0 aromatic heterocycles. The second-order valence-corrected chi connectivity index (χ2v) is 3.93. The van der Waals surface area contributed by atoms with Crippen LogP contribution in [0.1, 0.15) is 5.56 Å². The van der Waals surface area contributed by atoms with Crippen LogP contribution in [0.4, 0.5) is 0 Å². The molecule has 1 aliphatic rings. The van der Waals surface area contributed by atoms with E-state index in [4.69, 9.17) is 4.74 Å². The van der Waals surface area contributed by atoms with Gasteiger partial charge in [0.1, 0.15) is 0 Å². The number of hydrogen-bond donors (Lipinski definition) is 1. The Morgan fingerprint density at radius 1 is 1.44 bits per heavy atom. The molecule has 1 heterocycles. The molecule has 16 heavy (non-hydrogen) atoms. The summed E-state index contributed by atoms with van der Waals surface area (Å²) in [5, 5.41) is 2.80. The minimum atomic E-state index is -0.0839. The highest BCUT2D eigenvalue weighted by atomic mass is 16.6. The summed E-state index contributed by atoms with van der Waals surface area (Å²) in [6.45, 7) is 5.14. The highest BCUT2D eigenvalue weighted by Gasteiger charge is 2.23. The second kappa shape index (κ2) is 4.94. The van der Waals surface area contributed by atoms with Crippen LogP contribution in [0.2, 0.25) is 0 Å². The van der Waals surface area contributed by atoms with Gasteiger partial charge in [0.2, 0.25) is 5.91 Å². The first kappa shape index (κ1) is 10.9. The quantitative estimate of drug-likeness (QED) is 0.596. The molecule has 3 heteroatoms. The summed E-state index contributed by atoms with van der Waals surface area (Å²) in [6.07, 6.45) is 0.812. The van der Waals surface area contributed by atoms with E-state index in [1.54, 1.807) is 0 Å². The molecule has 0 radical (unpaired) electrons. The molecule has 1 aromatic carbocycles. The Labute approximate surface area is 95.1 Å². The van der Waals surface area contributed by atoms with Crippen molar-refractivity contribution in [3.05, 3.63) is 48.0 Å². The van der Waals surface area contributed by atoms with Crippen molar-refractivity contribution >= 4 is 5.91 Å². The maximum Gasteiger partial charge on any atom is 0.247 e. The Morgan fingerprint density at radius 3 is 2.75 bits per heavy atom. The van der Waals surface area contributed by atoms with Crippen LogP contribution >= 0.6 is 0 Å². The first-order valence-corrected chi connectivity index (χ1v) is 5.37. The van der Waals surface area contributed by atoms with E-state index < -0.39 is 0 Å². The smallest absolute Gasteiger partial charge is 0.247 e. The molecular formula is C13H15NO2. The van der Waals surface area contributed by atoms with E-state index >= 15 is 0 Å². The Hall–Kier alpha value is -1.61. The fourth-order valence-electron chi connectivity index (χ4n) is 1.44. The van der Waals surface area contributed by atoms with E-state index in [-0.39, 0.29) is 12.0 Å². The van der Waals surface area contributed by atoms with E-state index in [0.717, 1.165) is 12.2 Å². The summed E-state index contributed by atoms with van der Waals surface area (Å²) in [5.41, 5.74) is 1.69. The lowest BCUT2D eigenvalue weighted by Crippen LogP contribution is -2.29. The van der Waals surface area contributed by atoms with Gasteiger partial charge in [-0.1, -0.05) is 36.9 Å². The van der Waals surface area contributed by atoms with E-state index in [2.05, 4.69) is 11.9 Å². The van der Waals surface area contributed by atoms with Crippen LogP contribution in [0.25, 0.3) is 0 Å². The van der Waals surface area contributed by atoms with Gasteiger partial charge in [0.25, 0.3) is 0 Å². The Morgan fingerprint density at radius 2 is 2.12 bits per heavy atom. The number of ether oxygens (including phenoxy) is 1. The number of benzene rings is 1. The van der Waals surface area contributed by atoms with Gasteiger partial charge in [-0.05, 0) is 5.56 Å². The van der Waals surface area contributed by atoms with Crippen LogP contribution in [0.3, 0.4) is 0 Å². The van der Waals surface area contributed by atoms with Gasteiger partial charge in [-0.3, -0.25) is 4.79 Å². The average Bonchev–Trinajstić information content (AvgIpc) is 3.11. The monoisotopic (exact) mass is 217 g/mol. The predicted octanol–water partition coefficient (Wildman–Crippen LogP) is 1.30. The van der Waals surface area contributed by atoms with Crippen molar-refractivity contribution in [1.82, 2.24) is 5.32 Å². The molecule has 1 amide bonds. The predicted molar refractivity (Wildman–Crippen MR) is 62.0 cm³/mol. The zero-order chi connectivity index (χ0) is 11.4. The summed E-state index contributed by atoms with van der Waals surface area (Å²) >= 11 is 0. The zero-order valence-corrected chi connectivity index (χ0v) is 9.11. The summed E-state index contributed by atoms with van der Waals surface area (Å²) < 4.78 is 5.01. The molecule has 1 N–H and O–H groups in total. The number of hydrogen-bond acceptors (Lipinski definition) is 2. The van der Waals surface area contributed by atoms with Gasteiger partial charge in [-0.2, -0.15) is 0 Å². The van der Waals surface area contributed by atoms with E-state index in [1.807, 2.05) is 30.3 Å². The van der Waals surface area contributed by atoms with Crippen molar-refractivity contribution in [2.24, 2.45) is 0 Å². The van der Waals surface area contributed by atoms with Gasteiger partial charge < -0.3 is 10.1 Å². The number of epoxide rings is 1. The number of carbonyl (C=O) groups is 1. The van der Waals surface area contributed by atoms with Crippen LogP contribution in [0.5, 0.6) is 0 Å². The zero-order valence-electron chi connectivity index (χ0n) is 9.11. The second-order valence-electron chi connectivity index (χ2n) is 3.93. The maximum absolute atomic E-state index is 11.6.